The van der Waals surface area contributed by atoms with E-state index in [0.717, 1.165) is 34.8 Å². The van der Waals surface area contributed by atoms with Gasteiger partial charge in [-0.3, -0.25) is 0 Å². The Hall–Kier alpha value is -3.42. The molecule has 2 aromatic carbocycles. The zero-order chi connectivity index (χ0) is 40.6. The minimum absolute atomic E-state index is 0.159. The molecule has 0 heterocycles. The number of carbonyl (C=O) groups excluding carboxylic acids is 2. The summed E-state index contributed by atoms with van der Waals surface area (Å²) in [4.78, 5) is 24.4. The number of rotatable bonds is 23. The highest BCUT2D eigenvalue weighted by atomic mass is 16.5. The molecule has 0 aromatic heterocycles. The normalized spacial score (nSPS) is 16.1. The summed E-state index contributed by atoms with van der Waals surface area (Å²) >= 11 is 0. The molecule has 0 aliphatic heterocycles. The van der Waals surface area contributed by atoms with Crippen LogP contribution in [-0.4, -0.2) is 55.2 Å². The molecule has 2 N–H and O–H groups in total. The predicted molar refractivity (Wildman–Crippen MR) is 224 cm³/mol. The largest absolute Gasteiger partial charge is 0.493 e. The van der Waals surface area contributed by atoms with Crippen molar-refractivity contribution in [3.8, 4) is 16.9 Å². The van der Waals surface area contributed by atoms with Crippen molar-refractivity contribution >= 4 is 11.9 Å². The van der Waals surface area contributed by atoms with Gasteiger partial charge in [0.05, 0.1) is 33.0 Å². The van der Waals surface area contributed by atoms with E-state index in [2.05, 4.69) is 57.3 Å². The van der Waals surface area contributed by atoms with Crippen LogP contribution in [0.3, 0.4) is 0 Å². The number of aliphatic hydroxyl groups is 2. The summed E-state index contributed by atoms with van der Waals surface area (Å²) in [6.07, 6.45) is 14.3. The van der Waals surface area contributed by atoms with Crippen molar-refractivity contribution in [2.75, 3.05) is 33.0 Å². The average Bonchev–Trinajstić information content (AvgIpc) is 3.16. The lowest BCUT2D eigenvalue weighted by Crippen LogP contribution is -2.43. The molecule has 3 rings (SSSR count). The summed E-state index contributed by atoms with van der Waals surface area (Å²) in [6, 6.07) is 11.5. The van der Waals surface area contributed by atoms with Crippen LogP contribution in [0.15, 0.2) is 54.6 Å². The predicted octanol–water partition coefficient (Wildman–Crippen LogP) is 10.7. The molecule has 2 aromatic rings. The van der Waals surface area contributed by atoms with Gasteiger partial charge in [-0.15, -0.1) is 0 Å². The number of esters is 2. The minimum Gasteiger partial charge on any atom is -0.493 e. The second-order valence-electron chi connectivity index (χ2n) is 17.1. The van der Waals surface area contributed by atoms with Crippen LogP contribution < -0.4 is 4.74 Å². The van der Waals surface area contributed by atoms with Crippen molar-refractivity contribution in [3.63, 3.8) is 0 Å². The van der Waals surface area contributed by atoms with Crippen molar-refractivity contribution in [2.45, 2.75) is 144 Å². The Morgan fingerprint density at radius 2 is 1.33 bits per heavy atom. The number of benzene rings is 2. The molecule has 1 fully saturated rings. The van der Waals surface area contributed by atoms with E-state index in [1.807, 2.05) is 20.8 Å². The lowest BCUT2D eigenvalue weighted by Gasteiger charge is -2.42. The zero-order valence-electron chi connectivity index (χ0n) is 35.3. The number of aliphatic hydroxyl groups excluding tert-OH is 2. The molecule has 0 unspecified atom stereocenters. The smallest absolute Gasteiger partial charge is 0.333 e. The quantitative estimate of drug-likeness (QED) is 0.0660. The van der Waals surface area contributed by atoms with E-state index in [9.17, 15) is 19.8 Å². The molecule has 7 heteroatoms. The first-order chi connectivity index (χ1) is 26.2. The number of ether oxygens (including phenoxy) is 3. The first-order valence-electron chi connectivity index (χ1n) is 21.0. The lowest BCUT2D eigenvalue weighted by molar-refractivity contribution is -0.139. The maximum Gasteiger partial charge on any atom is 0.333 e. The first kappa shape index (κ1) is 46.0. The number of unbranched alkanes of at least 4 members (excludes halogenated alkanes) is 2. The molecule has 0 amide bonds. The van der Waals surface area contributed by atoms with Crippen LogP contribution in [0, 0.1) is 16.7 Å². The van der Waals surface area contributed by atoms with Gasteiger partial charge < -0.3 is 24.4 Å². The topological polar surface area (TPSA) is 102 Å². The molecule has 0 spiro atoms. The summed E-state index contributed by atoms with van der Waals surface area (Å²) in [7, 11) is 0. The summed E-state index contributed by atoms with van der Waals surface area (Å²) in [5.41, 5.74) is 6.72. The molecule has 0 radical (unpaired) electrons. The van der Waals surface area contributed by atoms with Crippen LogP contribution in [0.1, 0.15) is 147 Å². The van der Waals surface area contributed by atoms with Gasteiger partial charge in [0.2, 0.25) is 0 Å². The van der Waals surface area contributed by atoms with Gasteiger partial charge in [-0.25, -0.2) is 9.59 Å². The molecule has 1 aliphatic rings. The SMILES string of the molecule is C=C(C)C(=O)OCCCc1cc(-c2ccc(C3CCC(CCCCC)CC3)cc2CC)cc(CCCOC(=O)C(=C)C)c1OCCC(CO)(CO)C(C)(C)C. The fraction of sp³-hybridized carbons (Fsp3) is 0.625. The van der Waals surface area contributed by atoms with Gasteiger partial charge in [0.25, 0.3) is 0 Å². The molecule has 0 saturated heterocycles. The third kappa shape index (κ3) is 13.3. The molecule has 55 heavy (non-hydrogen) atoms. The van der Waals surface area contributed by atoms with Crippen LogP contribution in [-0.2, 0) is 38.3 Å². The zero-order valence-corrected chi connectivity index (χ0v) is 35.3. The van der Waals surface area contributed by atoms with Crippen LogP contribution in [0.25, 0.3) is 11.1 Å². The Kier molecular flexibility index (Phi) is 18.7. The van der Waals surface area contributed by atoms with Gasteiger partial charge in [0.1, 0.15) is 5.75 Å². The highest BCUT2D eigenvalue weighted by molar-refractivity contribution is 5.87. The van der Waals surface area contributed by atoms with Gasteiger partial charge in [-0.1, -0.05) is 91.7 Å². The minimum atomic E-state index is -0.729. The molecule has 0 bridgehead atoms. The van der Waals surface area contributed by atoms with Crippen LogP contribution in [0.2, 0.25) is 0 Å². The van der Waals surface area contributed by atoms with E-state index in [0.29, 0.717) is 55.8 Å². The van der Waals surface area contributed by atoms with Crippen LogP contribution >= 0.6 is 0 Å². The fourth-order valence-corrected chi connectivity index (χ4v) is 7.88. The molecule has 1 saturated carbocycles. The third-order valence-corrected chi connectivity index (χ3v) is 12.0. The van der Waals surface area contributed by atoms with E-state index in [4.69, 9.17) is 14.2 Å². The Morgan fingerprint density at radius 3 is 1.80 bits per heavy atom. The van der Waals surface area contributed by atoms with E-state index in [-0.39, 0.29) is 31.8 Å². The van der Waals surface area contributed by atoms with Crippen molar-refractivity contribution in [1.82, 2.24) is 0 Å². The van der Waals surface area contributed by atoms with E-state index in [1.165, 1.54) is 68.1 Å². The first-order valence-corrected chi connectivity index (χ1v) is 21.0. The molecule has 306 valence electrons. The molecule has 1 aliphatic carbocycles. The Bertz CT molecular complexity index is 1500. The van der Waals surface area contributed by atoms with E-state index < -0.39 is 17.4 Å². The Balaban J connectivity index is 2.01. The maximum absolute atomic E-state index is 12.2. The van der Waals surface area contributed by atoms with E-state index in [1.54, 1.807) is 13.8 Å². The summed E-state index contributed by atoms with van der Waals surface area (Å²) in [5.74, 6) is 1.42. The van der Waals surface area contributed by atoms with Crippen LogP contribution in [0.4, 0.5) is 0 Å². The van der Waals surface area contributed by atoms with Gasteiger partial charge in [-0.2, -0.15) is 0 Å². The van der Waals surface area contributed by atoms with Crippen molar-refractivity contribution in [3.05, 3.63) is 76.9 Å². The highest BCUT2D eigenvalue weighted by Gasteiger charge is 2.41. The number of aryl methyl sites for hydroxylation is 3. The van der Waals surface area contributed by atoms with Gasteiger partial charge in [0.15, 0.2) is 0 Å². The lowest BCUT2D eigenvalue weighted by atomic mass is 9.65. The average molecular weight is 761 g/mol. The number of hydrogen-bond acceptors (Lipinski definition) is 7. The number of carbonyl (C=O) groups is 2. The summed E-state index contributed by atoms with van der Waals surface area (Å²) in [6.45, 7) is 21.8. The molecular formula is C48H72O7. The Labute approximate surface area is 332 Å². The fourth-order valence-electron chi connectivity index (χ4n) is 7.88. The molecule has 0 atom stereocenters. The van der Waals surface area contributed by atoms with Crippen molar-refractivity contribution < 1.29 is 34.0 Å². The maximum atomic E-state index is 12.2. The van der Waals surface area contributed by atoms with Crippen molar-refractivity contribution in [1.29, 1.82) is 0 Å². The third-order valence-electron chi connectivity index (χ3n) is 12.0. The van der Waals surface area contributed by atoms with Gasteiger partial charge >= 0.3 is 11.9 Å². The Morgan fingerprint density at radius 1 is 0.764 bits per heavy atom. The van der Waals surface area contributed by atoms with Gasteiger partial charge in [0, 0.05) is 16.6 Å². The van der Waals surface area contributed by atoms with Crippen molar-refractivity contribution in [2.24, 2.45) is 16.7 Å². The standard InChI is InChI=1S/C48H72O7/c1-10-12-13-16-36-19-21-38(22-20-36)39-23-24-43(37(11-2)29-39)42-30-40(17-14-26-54-45(51)34(3)4)44(41(31-42)18-15-27-55-46(52)35(5)6)53-28-25-48(32-49,33-50)47(7,8)9/h23-24,29-31,36,38,49-50H,3,5,10-22,25-28,32-33H2,1-2,4,6-9H3. The summed E-state index contributed by atoms with van der Waals surface area (Å²) in [5, 5.41) is 20.9. The van der Waals surface area contributed by atoms with Gasteiger partial charge in [-0.05, 0) is 141 Å². The highest BCUT2D eigenvalue weighted by Crippen LogP contribution is 2.43. The second kappa shape index (κ2) is 22.4. The molecule has 7 nitrogen and oxygen atoms in total. The molecular weight excluding hydrogens is 689 g/mol. The monoisotopic (exact) mass is 761 g/mol. The second-order valence-corrected chi connectivity index (χ2v) is 17.1. The van der Waals surface area contributed by atoms with Crippen LogP contribution in [0.5, 0.6) is 5.75 Å². The number of hydrogen-bond donors (Lipinski definition) is 2. The summed E-state index contributed by atoms with van der Waals surface area (Å²) < 4.78 is 17.6. The van der Waals surface area contributed by atoms with E-state index >= 15 is 0 Å².